The second kappa shape index (κ2) is 7.35. The van der Waals surface area contributed by atoms with Crippen molar-refractivity contribution in [1.82, 2.24) is 9.80 Å². The molecule has 2 heterocycles. The predicted molar refractivity (Wildman–Crippen MR) is 110 cm³/mol. The van der Waals surface area contributed by atoms with E-state index in [2.05, 4.69) is 91.4 Å². The molecule has 0 radical (unpaired) electrons. The van der Waals surface area contributed by atoms with Gasteiger partial charge in [-0.3, -0.25) is 9.80 Å². The van der Waals surface area contributed by atoms with Crippen molar-refractivity contribution in [3.8, 4) is 11.5 Å². The van der Waals surface area contributed by atoms with Crippen LogP contribution in [0.25, 0.3) is 0 Å². The van der Waals surface area contributed by atoms with Gasteiger partial charge < -0.3 is 9.47 Å². The molecule has 2 aromatic rings. The Labute approximate surface area is 169 Å². The van der Waals surface area contributed by atoms with E-state index < -0.39 is 0 Å². The van der Waals surface area contributed by atoms with Crippen molar-refractivity contribution in [2.45, 2.75) is 13.1 Å². The number of benzene rings is 2. The Bertz CT molecular complexity index is 690. The van der Waals surface area contributed by atoms with Gasteiger partial charge in [0.15, 0.2) is 0 Å². The van der Waals surface area contributed by atoms with E-state index >= 15 is 0 Å². The van der Waals surface area contributed by atoms with Crippen LogP contribution in [0.5, 0.6) is 11.5 Å². The molecule has 0 saturated heterocycles. The van der Waals surface area contributed by atoms with E-state index in [1.165, 1.54) is 18.3 Å². The summed E-state index contributed by atoms with van der Waals surface area (Å²) in [6.45, 7) is 5.19. The second-order valence-corrected chi connectivity index (χ2v) is 8.65. The molecule has 2 aromatic carbocycles. The monoisotopic (exact) mass is 548 g/mol. The molecule has 2 aliphatic heterocycles. The highest BCUT2D eigenvalue weighted by molar-refractivity contribution is 14.1. The first kappa shape index (κ1) is 16.9. The van der Waals surface area contributed by atoms with Gasteiger partial charge in [0.1, 0.15) is 25.0 Å². The van der Waals surface area contributed by atoms with Gasteiger partial charge in [-0.15, -0.1) is 0 Å². The van der Waals surface area contributed by atoms with Crippen molar-refractivity contribution < 1.29 is 9.47 Å². The maximum atomic E-state index is 5.87. The summed E-state index contributed by atoms with van der Waals surface area (Å²) in [5, 5.41) is 0. The normalized spacial score (nSPS) is 17.6. The average molecular weight is 548 g/mol. The minimum Gasteiger partial charge on any atom is -0.478 e. The van der Waals surface area contributed by atoms with Crippen LogP contribution in [-0.4, -0.2) is 36.4 Å². The zero-order valence-corrected chi connectivity index (χ0v) is 17.5. The summed E-state index contributed by atoms with van der Waals surface area (Å²) in [5.74, 6) is 2.05. The molecule has 0 atom stereocenters. The molecule has 0 N–H and O–H groups in total. The van der Waals surface area contributed by atoms with Crippen molar-refractivity contribution in [3.05, 3.63) is 54.7 Å². The third-order valence-corrected chi connectivity index (χ3v) is 5.71. The Kier molecular flexibility index (Phi) is 5.16. The van der Waals surface area contributed by atoms with Crippen molar-refractivity contribution in [3.63, 3.8) is 0 Å². The Balaban J connectivity index is 1.35. The summed E-state index contributed by atoms with van der Waals surface area (Å²) in [7, 11) is 0. The number of hydrogen-bond donors (Lipinski definition) is 0. The number of ether oxygens (including phenoxy) is 2. The lowest BCUT2D eigenvalue weighted by Gasteiger charge is -2.33. The smallest absolute Gasteiger partial charge is 0.142 e. The van der Waals surface area contributed by atoms with Crippen LogP contribution in [-0.2, 0) is 13.1 Å². The molecular formula is C18H18I2N2O2. The molecule has 0 unspecified atom stereocenters. The Morgan fingerprint density at radius 2 is 1.21 bits per heavy atom. The van der Waals surface area contributed by atoms with Crippen molar-refractivity contribution in [1.29, 1.82) is 0 Å². The first-order valence-electron chi connectivity index (χ1n) is 7.94. The van der Waals surface area contributed by atoms with E-state index in [-0.39, 0.29) is 0 Å². The lowest BCUT2D eigenvalue weighted by Crippen LogP contribution is -2.41. The fraction of sp³-hybridized carbons (Fsp3) is 0.333. The van der Waals surface area contributed by atoms with Crippen LogP contribution in [0, 0.1) is 7.14 Å². The molecule has 0 aliphatic carbocycles. The van der Waals surface area contributed by atoms with Crippen LogP contribution in [0.15, 0.2) is 36.4 Å². The van der Waals surface area contributed by atoms with Gasteiger partial charge in [-0.25, -0.2) is 0 Å². The molecule has 6 heteroatoms. The van der Waals surface area contributed by atoms with E-state index in [0.29, 0.717) is 13.5 Å². The summed E-state index contributed by atoms with van der Waals surface area (Å²) < 4.78 is 14.3. The number of halogens is 2. The Morgan fingerprint density at radius 3 is 1.67 bits per heavy atom. The van der Waals surface area contributed by atoms with E-state index in [1.807, 2.05) is 0 Å². The van der Waals surface area contributed by atoms with E-state index in [1.54, 1.807) is 0 Å². The fourth-order valence-electron chi connectivity index (χ4n) is 3.09. The highest BCUT2D eigenvalue weighted by Gasteiger charge is 2.21. The first-order valence-corrected chi connectivity index (χ1v) is 10.1. The molecule has 0 spiro atoms. The summed E-state index contributed by atoms with van der Waals surface area (Å²) in [6.07, 6.45) is 0. The highest BCUT2D eigenvalue weighted by atomic mass is 127. The minimum atomic E-state index is 0.663. The third-order valence-electron chi connectivity index (χ3n) is 4.37. The quantitative estimate of drug-likeness (QED) is 0.544. The molecule has 0 bridgehead atoms. The lowest BCUT2D eigenvalue weighted by atomic mass is 10.1. The molecule has 0 amide bonds. The van der Waals surface area contributed by atoms with Crippen molar-refractivity contribution in [2.24, 2.45) is 0 Å². The van der Waals surface area contributed by atoms with Gasteiger partial charge >= 0.3 is 0 Å². The standard InChI is InChI=1S/C18H18I2N2O2/c19-15-1-3-17-13(7-15)9-21(11-23-17)5-6-22-10-14-8-16(20)2-4-18(14)24-12-22/h1-4,7-8H,5-6,9-12H2. The average Bonchev–Trinajstić information content (AvgIpc) is 2.59. The highest BCUT2D eigenvalue weighted by Crippen LogP contribution is 2.28. The maximum Gasteiger partial charge on any atom is 0.142 e. The van der Waals surface area contributed by atoms with Gasteiger partial charge in [-0.2, -0.15) is 0 Å². The second-order valence-electron chi connectivity index (χ2n) is 6.16. The van der Waals surface area contributed by atoms with Gasteiger partial charge in [0, 0.05) is 44.4 Å². The summed E-state index contributed by atoms with van der Waals surface area (Å²) in [6, 6.07) is 12.8. The molecular weight excluding hydrogens is 530 g/mol. The minimum absolute atomic E-state index is 0.663. The predicted octanol–water partition coefficient (Wildman–Crippen LogP) is 3.90. The van der Waals surface area contributed by atoms with E-state index in [4.69, 9.17) is 9.47 Å². The van der Waals surface area contributed by atoms with Crippen molar-refractivity contribution in [2.75, 3.05) is 26.6 Å². The number of hydrogen-bond acceptors (Lipinski definition) is 4. The van der Waals surface area contributed by atoms with E-state index in [9.17, 15) is 0 Å². The zero-order valence-electron chi connectivity index (χ0n) is 13.2. The summed E-state index contributed by atoms with van der Waals surface area (Å²) in [4.78, 5) is 4.70. The van der Waals surface area contributed by atoms with Crippen molar-refractivity contribution >= 4 is 45.2 Å². The molecule has 0 fully saturated rings. The number of fused-ring (bicyclic) bond motifs is 2. The van der Waals surface area contributed by atoms with E-state index in [0.717, 1.165) is 37.7 Å². The van der Waals surface area contributed by atoms with Gasteiger partial charge in [0.2, 0.25) is 0 Å². The van der Waals surface area contributed by atoms with Gasteiger partial charge in [-0.1, -0.05) is 0 Å². The van der Waals surface area contributed by atoms with Crippen LogP contribution < -0.4 is 9.47 Å². The molecule has 24 heavy (non-hydrogen) atoms. The molecule has 4 rings (SSSR count). The lowest BCUT2D eigenvalue weighted by molar-refractivity contribution is 0.0521. The molecule has 2 aliphatic rings. The fourth-order valence-corrected chi connectivity index (χ4v) is 4.20. The molecule has 0 saturated carbocycles. The maximum absolute atomic E-state index is 5.87. The van der Waals surface area contributed by atoms with Crippen LogP contribution in [0.2, 0.25) is 0 Å². The molecule has 4 nitrogen and oxygen atoms in total. The molecule has 0 aromatic heterocycles. The van der Waals surface area contributed by atoms with Crippen LogP contribution in [0.4, 0.5) is 0 Å². The largest absolute Gasteiger partial charge is 0.478 e. The molecule has 126 valence electrons. The van der Waals surface area contributed by atoms with Gasteiger partial charge in [0.25, 0.3) is 0 Å². The number of rotatable bonds is 3. The summed E-state index contributed by atoms with van der Waals surface area (Å²) in [5.41, 5.74) is 2.56. The zero-order chi connectivity index (χ0) is 16.5. The van der Waals surface area contributed by atoms with Gasteiger partial charge in [0.05, 0.1) is 0 Å². The van der Waals surface area contributed by atoms with Crippen LogP contribution in [0.1, 0.15) is 11.1 Å². The third kappa shape index (κ3) is 3.81. The summed E-state index contributed by atoms with van der Waals surface area (Å²) >= 11 is 4.71. The topological polar surface area (TPSA) is 24.9 Å². The van der Waals surface area contributed by atoms with Crippen LogP contribution in [0.3, 0.4) is 0 Å². The SMILES string of the molecule is Ic1ccc2c(c1)CN(CCN1COc3ccc(I)cc3C1)CO2. The van der Waals surface area contributed by atoms with Gasteiger partial charge in [-0.05, 0) is 81.6 Å². The van der Waals surface area contributed by atoms with Crippen LogP contribution >= 0.6 is 45.2 Å². The Hall–Kier alpha value is -0.580. The Morgan fingerprint density at radius 1 is 0.750 bits per heavy atom. The first-order chi connectivity index (χ1) is 11.7. The number of nitrogens with zero attached hydrogens (tertiary/aromatic N) is 2.